The summed E-state index contributed by atoms with van der Waals surface area (Å²) in [5, 5.41) is 0. The molecule has 0 spiro atoms. The molecule has 1 atom stereocenters. The number of aryl methyl sites for hydroxylation is 1. The van der Waals surface area contributed by atoms with Crippen molar-refractivity contribution in [3.05, 3.63) is 18.0 Å². The fraction of sp³-hybridized carbons (Fsp3) is 0.692. The van der Waals surface area contributed by atoms with Crippen LogP contribution in [0.3, 0.4) is 0 Å². The smallest absolute Gasteiger partial charge is 0.244 e. The van der Waals surface area contributed by atoms with Gasteiger partial charge >= 0.3 is 0 Å². The van der Waals surface area contributed by atoms with Gasteiger partial charge in [0.15, 0.2) is 0 Å². The van der Waals surface area contributed by atoms with Crippen LogP contribution < -0.4 is 5.73 Å². The van der Waals surface area contributed by atoms with Gasteiger partial charge in [0.1, 0.15) is 4.90 Å². The Hall–Kier alpha value is -0.890. The first-order valence-corrected chi connectivity index (χ1v) is 8.28. The number of sulfonamides is 1. The van der Waals surface area contributed by atoms with E-state index in [4.69, 9.17) is 5.73 Å². The van der Waals surface area contributed by atoms with Gasteiger partial charge < -0.3 is 15.2 Å². The van der Waals surface area contributed by atoms with Crippen molar-refractivity contribution < 1.29 is 8.42 Å². The third-order valence-electron chi connectivity index (χ3n) is 4.00. The SMILES string of the molecule is CN1CCC(CN(C)S(=O)(=O)c2cc(CN)n(C)c2)C1. The second-order valence-electron chi connectivity index (χ2n) is 5.68. The van der Waals surface area contributed by atoms with Gasteiger partial charge in [0, 0.05) is 45.6 Å². The van der Waals surface area contributed by atoms with Crippen LogP contribution in [0, 0.1) is 5.92 Å². The van der Waals surface area contributed by atoms with Crippen LogP contribution in [-0.4, -0.2) is 55.9 Å². The van der Waals surface area contributed by atoms with Gasteiger partial charge in [-0.1, -0.05) is 0 Å². The lowest BCUT2D eigenvalue weighted by molar-refractivity contribution is 0.357. The Morgan fingerprint density at radius 2 is 2.15 bits per heavy atom. The molecule has 1 unspecified atom stereocenters. The molecule has 0 bridgehead atoms. The predicted molar refractivity (Wildman–Crippen MR) is 78.7 cm³/mol. The van der Waals surface area contributed by atoms with E-state index in [0.29, 0.717) is 23.9 Å². The molecule has 2 heterocycles. The number of aromatic nitrogens is 1. The van der Waals surface area contributed by atoms with E-state index in [-0.39, 0.29) is 0 Å². The minimum Gasteiger partial charge on any atom is -0.352 e. The molecule has 0 radical (unpaired) electrons. The van der Waals surface area contributed by atoms with Crippen LogP contribution in [-0.2, 0) is 23.6 Å². The molecular weight excluding hydrogens is 276 g/mol. The molecule has 1 aliphatic rings. The zero-order valence-electron chi connectivity index (χ0n) is 12.4. The number of nitrogens with zero attached hydrogens (tertiary/aromatic N) is 3. The van der Waals surface area contributed by atoms with Crippen LogP contribution in [0.2, 0.25) is 0 Å². The molecule has 0 aromatic carbocycles. The fourth-order valence-electron chi connectivity index (χ4n) is 2.74. The zero-order chi connectivity index (χ0) is 14.9. The van der Waals surface area contributed by atoms with E-state index < -0.39 is 10.0 Å². The maximum atomic E-state index is 12.5. The lowest BCUT2D eigenvalue weighted by atomic mass is 10.1. The molecule has 7 heteroatoms. The highest BCUT2D eigenvalue weighted by Gasteiger charge is 2.28. The van der Waals surface area contributed by atoms with Crippen molar-refractivity contribution in [2.45, 2.75) is 17.9 Å². The second-order valence-corrected chi connectivity index (χ2v) is 7.73. The summed E-state index contributed by atoms with van der Waals surface area (Å²) in [7, 11) is 2.12. The molecule has 1 aromatic rings. The molecule has 6 nitrogen and oxygen atoms in total. The van der Waals surface area contributed by atoms with Crippen molar-refractivity contribution in [2.75, 3.05) is 33.7 Å². The maximum absolute atomic E-state index is 12.5. The molecule has 2 N–H and O–H groups in total. The first kappa shape index (κ1) is 15.5. The number of rotatable bonds is 5. The normalized spacial score (nSPS) is 20.9. The van der Waals surface area contributed by atoms with Gasteiger partial charge in [-0.15, -0.1) is 0 Å². The maximum Gasteiger partial charge on any atom is 0.244 e. The van der Waals surface area contributed by atoms with Gasteiger partial charge in [-0.2, -0.15) is 0 Å². The Balaban J connectivity index is 2.12. The van der Waals surface area contributed by atoms with Gasteiger partial charge in [-0.25, -0.2) is 12.7 Å². The quantitative estimate of drug-likeness (QED) is 0.834. The third kappa shape index (κ3) is 3.06. The van der Waals surface area contributed by atoms with Crippen molar-refractivity contribution >= 4 is 10.0 Å². The highest BCUT2D eigenvalue weighted by molar-refractivity contribution is 7.89. The highest BCUT2D eigenvalue weighted by atomic mass is 32.2. The molecule has 20 heavy (non-hydrogen) atoms. The van der Waals surface area contributed by atoms with Crippen molar-refractivity contribution in [1.29, 1.82) is 0 Å². The molecule has 114 valence electrons. The molecular formula is C13H24N4O2S. The van der Waals surface area contributed by atoms with Crippen LogP contribution in [0.1, 0.15) is 12.1 Å². The number of hydrogen-bond donors (Lipinski definition) is 1. The summed E-state index contributed by atoms with van der Waals surface area (Å²) >= 11 is 0. The fourth-order valence-corrected chi connectivity index (χ4v) is 4.08. The zero-order valence-corrected chi connectivity index (χ0v) is 13.2. The minimum atomic E-state index is -3.42. The van der Waals surface area contributed by atoms with E-state index >= 15 is 0 Å². The number of likely N-dealkylation sites (tertiary alicyclic amines) is 1. The van der Waals surface area contributed by atoms with Crippen molar-refractivity contribution in [3.8, 4) is 0 Å². The summed E-state index contributed by atoms with van der Waals surface area (Å²) < 4.78 is 28.3. The third-order valence-corrected chi connectivity index (χ3v) is 5.79. The average Bonchev–Trinajstić information content (AvgIpc) is 2.95. The van der Waals surface area contributed by atoms with Crippen molar-refractivity contribution in [1.82, 2.24) is 13.8 Å². The first-order valence-electron chi connectivity index (χ1n) is 6.84. The molecule has 0 saturated carbocycles. The first-order chi connectivity index (χ1) is 9.34. The summed E-state index contributed by atoms with van der Waals surface area (Å²) in [5.74, 6) is 0.414. The van der Waals surface area contributed by atoms with Gasteiger partial charge in [0.05, 0.1) is 0 Å². The van der Waals surface area contributed by atoms with E-state index in [1.165, 1.54) is 4.31 Å². The van der Waals surface area contributed by atoms with E-state index in [2.05, 4.69) is 11.9 Å². The molecule has 0 amide bonds. The van der Waals surface area contributed by atoms with E-state index in [0.717, 1.165) is 25.2 Å². The van der Waals surface area contributed by atoms with Gasteiger partial charge in [-0.3, -0.25) is 0 Å². The molecule has 1 aliphatic heterocycles. The monoisotopic (exact) mass is 300 g/mol. The summed E-state index contributed by atoms with van der Waals surface area (Å²) in [5.41, 5.74) is 6.41. The van der Waals surface area contributed by atoms with Crippen LogP contribution in [0.25, 0.3) is 0 Å². The summed E-state index contributed by atoms with van der Waals surface area (Å²) in [6.07, 6.45) is 2.69. The number of nitrogens with two attached hydrogens (primary N) is 1. The van der Waals surface area contributed by atoms with E-state index in [1.807, 2.05) is 7.05 Å². The lowest BCUT2D eigenvalue weighted by Gasteiger charge is -2.20. The Morgan fingerprint density at radius 1 is 1.45 bits per heavy atom. The van der Waals surface area contributed by atoms with Crippen LogP contribution in [0.15, 0.2) is 17.2 Å². The topological polar surface area (TPSA) is 71.6 Å². The van der Waals surface area contributed by atoms with Crippen molar-refractivity contribution in [2.24, 2.45) is 18.7 Å². The predicted octanol–water partition coefficient (Wildman–Crippen LogP) is 0.0560. The highest BCUT2D eigenvalue weighted by Crippen LogP contribution is 2.21. The summed E-state index contributed by atoms with van der Waals surface area (Å²) in [6, 6.07) is 1.66. The Labute approximate surface area is 121 Å². The van der Waals surface area contributed by atoms with Gasteiger partial charge in [0.25, 0.3) is 0 Å². The van der Waals surface area contributed by atoms with Crippen LogP contribution in [0.4, 0.5) is 0 Å². The second kappa shape index (κ2) is 5.85. The molecule has 1 fully saturated rings. The Bertz CT molecular complexity index is 567. The standard InChI is InChI=1S/C13H24N4O2S/c1-15-5-4-11(8-15)9-17(3)20(18,19)13-6-12(7-14)16(2)10-13/h6,10-11H,4-5,7-9,14H2,1-3H3. The van der Waals surface area contributed by atoms with E-state index in [9.17, 15) is 8.42 Å². The molecule has 1 saturated heterocycles. The Morgan fingerprint density at radius 3 is 2.65 bits per heavy atom. The van der Waals surface area contributed by atoms with Crippen LogP contribution >= 0.6 is 0 Å². The minimum absolute atomic E-state index is 0.328. The lowest BCUT2D eigenvalue weighted by Crippen LogP contribution is -2.32. The van der Waals surface area contributed by atoms with Gasteiger partial charge in [0.2, 0.25) is 10.0 Å². The molecule has 2 rings (SSSR count). The summed E-state index contributed by atoms with van der Waals surface area (Å²) in [6.45, 7) is 2.91. The van der Waals surface area contributed by atoms with Gasteiger partial charge in [-0.05, 0) is 32.0 Å². The summed E-state index contributed by atoms with van der Waals surface area (Å²) in [4.78, 5) is 2.56. The van der Waals surface area contributed by atoms with Crippen molar-refractivity contribution in [3.63, 3.8) is 0 Å². The molecule has 1 aromatic heterocycles. The van der Waals surface area contributed by atoms with Crippen LogP contribution in [0.5, 0.6) is 0 Å². The Kier molecular flexibility index (Phi) is 4.53. The largest absolute Gasteiger partial charge is 0.352 e. The molecule has 0 aliphatic carbocycles. The van der Waals surface area contributed by atoms with E-state index in [1.54, 1.807) is 23.9 Å². The number of hydrogen-bond acceptors (Lipinski definition) is 4. The average molecular weight is 300 g/mol.